The van der Waals surface area contributed by atoms with Gasteiger partial charge in [-0.05, 0) is 13.3 Å². The number of carbonyl (C=O) groups is 1. The maximum absolute atomic E-state index is 12.7. The maximum atomic E-state index is 12.7. The van der Waals surface area contributed by atoms with Gasteiger partial charge in [-0.1, -0.05) is 6.92 Å². The molecule has 98 valence electrons. The fourth-order valence-electron chi connectivity index (χ4n) is 1.87. The van der Waals surface area contributed by atoms with Crippen LogP contribution in [0.1, 0.15) is 33.7 Å². The number of aromatic nitrogens is 2. The molecular weight excluding hydrogens is 269 g/mol. The van der Waals surface area contributed by atoms with E-state index in [-0.39, 0.29) is 4.96 Å². The van der Waals surface area contributed by atoms with E-state index in [0.717, 1.165) is 20.6 Å². The highest BCUT2D eigenvalue weighted by molar-refractivity contribution is 7.17. The predicted molar refractivity (Wildman–Crippen MR) is 59.1 cm³/mol. The summed E-state index contributed by atoms with van der Waals surface area (Å²) in [7, 11) is 0. The van der Waals surface area contributed by atoms with Gasteiger partial charge in [0.05, 0.1) is 0 Å². The lowest BCUT2D eigenvalue weighted by atomic mass is 10.2. The summed E-state index contributed by atoms with van der Waals surface area (Å²) < 4.78 is 39.3. The molecule has 1 N–H and O–H groups in total. The van der Waals surface area contributed by atoms with E-state index in [1.54, 1.807) is 13.8 Å². The third-order valence-electron chi connectivity index (χ3n) is 2.57. The smallest absolute Gasteiger partial charge is 0.435 e. The molecule has 0 aliphatic heterocycles. The van der Waals surface area contributed by atoms with Crippen molar-refractivity contribution in [1.29, 1.82) is 0 Å². The van der Waals surface area contributed by atoms with E-state index in [0.29, 0.717) is 12.1 Å². The second kappa shape index (κ2) is 3.98. The van der Waals surface area contributed by atoms with E-state index in [1.165, 1.54) is 0 Å². The normalized spacial score (nSPS) is 12.3. The molecule has 0 bridgehead atoms. The SMILES string of the molecule is CCc1c(C)sc2nc(C(F)(F)F)c(C(=O)O)n12. The van der Waals surface area contributed by atoms with Gasteiger partial charge in [0.2, 0.25) is 0 Å². The fraction of sp³-hybridized carbons (Fsp3) is 0.400. The lowest BCUT2D eigenvalue weighted by Gasteiger charge is -2.05. The number of aryl methyl sites for hydroxylation is 2. The van der Waals surface area contributed by atoms with E-state index in [2.05, 4.69) is 4.98 Å². The van der Waals surface area contributed by atoms with Gasteiger partial charge in [0.25, 0.3) is 0 Å². The molecule has 0 saturated carbocycles. The topological polar surface area (TPSA) is 54.6 Å². The summed E-state index contributed by atoms with van der Waals surface area (Å²) in [5, 5.41) is 8.99. The zero-order valence-corrected chi connectivity index (χ0v) is 10.3. The molecule has 0 aliphatic carbocycles. The van der Waals surface area contributed by atoms with Crippen molar-refractivity contribution in [1.82, 2.24) is 9.38 Å². The summed E-state index contributed by atoms with van der Waals surface area (Å²) in [5.74, 6) is -1.62. The van der Waals surface area contributed by atoms with Crippen LogP contribution in [0.3, 0.4) is 0 Å². The van der Waals surface area contributed by atoms with Crippen molar-refractivity contribution in [2.45, 2.75) is 26.4 Å². The van der Waals surface area contributed by atoms with Crippen molar-refractivity contribution in [3.05, 3.63) is 22.0 Å². The molecule has 0 atom stereocenters. The van der Waals surface area contributed by atoms with Crippen molar-refractivity contribution in [2.24, 2.45) is 0 Å². The van der Waals surface area contributed by atoms with E-state index in [9.17, 15) is 18.0 Å². The van der Waals surface area contributed by atoms with Gasteiger partial charge in [0, 0.05) is 10.6 Å². The van der Waals surface area contributed by atoms with Gasteiger partial charge in [0.15, 0.2) is 16.3 Å². The molecule has 8 heteroatoms. The van der Waals surface area contributed by atoms with Crippen LogP contribution in [0.2, 0.25) is 0 Å². The Balaban J connectivity index is 2.88. The summed E-state index contributed by atoms with van der Waals surface area (Å²) in [6.07, 6.45) is -4.32. The van der Waals surface area contributed by atoms with Gasteiger partial charge < -0.3 is 5.11 Å². The number of nitrogens with zero attached hydrogens (tertiary/aromatic N) is 2. The Hall–Kier alpha value is -1.57. The Bertz CT molecular complexity index is 627. The zero-order valence-electron chi connectivity index (χ0n) is 9.50. The van der Waals surface area contributed by atoms with Crippen molar-refractivity contribution in [3.8, 4) is 0 Å². The summed E-state index contributed by atoms with van der Waals surface area (Å²) in [6, 6.07) is 0. The molecule has 0 spiro atoms. The summed E-state index contributed by atoms with van der Waals surface area (Å²) in [6.45, 7) is 3.49. The molecule has 2 rings (SSSR count). The van der Waals surface area contributed by atoms with Crippen molar-refractivity contribution < 1.29 is 23.1 Å². The lowest BCUT2D eigenvalue weighted by molar-refractivity contribution is -0.141. The minimum atomic E-state index is -4.77. The first kappa shape index (κ1) is 12.9. The van der Waals surface area contributed by atoms with Crippen LogP contribution in [-0.2, 0) is 12.6 Å². The molecule has 0 aliphatic rings. The Morgan fingerprint density at radius 3 is 2.56 bits per heavy atom. The summed E-state index contributed by atoms with van der Waals surface area (Å²) in [4.78, 5) is 15.3. The zero-order chi connectivity index (χ0) is 13.7. The number of imidazole rings is 1. The van der Waals surface area contributed by atoms with Crippen LogP contribution in [0.15, 0.2) is 0 Å². The molecule has 0 aromatic carbocycles. The van der Waals surface area contributed by atoms with E-state index < -0.39 is 23.5 Å². The Kier molecular flexibility index (Phi) is 2.84. The molecular formula is C10H9F3N2O2S. The van der Waals surface area contributed by atoms with E-state index in [1.807, 2.05) is 0 Å². The molecule has 2 aromatic rings. The van der Waals surface area contributed by atoms with Crippen LogP contribution < -0.4 is 0 Å². The van der Waals surface area contributed by atoms with Crippen LogP contribution in [0.25, 0.3) is 4.96 Å². The number of fused-ring (bicyclic) bond motifs is 1. The average molecular weight is 278 g/mol. The minimum Gasteiger partial charge on any atom is -0.476 e. The van der Waals surface area contributed by atoms with Crippen LogP contribution in [-0.4, -0.2) is 20.5 Å². The molecule has 2 aromatic heterocycles. The van der Waals surface area contributed by atoms with Gasteiger partial charge in [0.1, 0.15) is 0 Å². The first-order valence-corrected chi connectivity index (χ1v) is 5.90. The van der Waals surface area contributed by atoms with Crippen molar-refractivity contribution in [2.75, 3.05) is 0 Å². The van der Waals surface area contributed by atoms with E-state index >= 15 is 0 Å². The number of alkyl halides is 3. The minimum absolute atomic E-state index is 0.0640. The molecule has 0 saturated heterocycles. The molecule has 0 unspecified atom stereocenters. The van der Waals surface area contributed by atoms with Gasteiger partial charge >= 0.3 is 12.1 Å². The Labute approximate surface area is 104 Å². The molecule has 2 heterocycles. The summed E-state index contributed by atoms with van der Waals surface area (Å²) in [5.41, 5.74) is -1.59. The largest absolute Gasteiger partial charge is 0.476 e. The third kappa shape index (κ3) is 1.76. The number of carboxylic acid groups (broad SMARTS) is 1. The highest BCUT2D eigenvalue weighted by Crippen LogP contribution is 2.35. The van der Waals surface area contributed by atoms with Crippen LogP contribution in [0.5, 0.6) is 0 Å². The first-order chi connectivity index (χ1) is 8.27. The summed E-state index contributed by atoms with van der Waals surface area (Å²) >= 11 is 1.06. The van der Waals surface area contributed by atoms with Gasteiger partial charge in [-0.25, -0.2) is 9.78 Å². The Morgan fingerprint density at radius 1 is 1.50 bits per heavy atom. The highest BCUT2D eigenvalue weighted by atomic mass is 32.1. The van der Waals surface area contributed by atoms with Gasteiger partial charge in [-0.2, -0.15) is 13.2 Å². The number of halogens is 3. The first-order valence-electron chi connectivity index (χ1n) is 5.08. The molecule has 0 radical (unpaired) electrons. The number of hydrogen-bond donors (Lipinski definition) is 1. The fourth-order valence-corrected chi connectivity index (χ4v) is 2.93. The van der Waals surface area contributed by atoms with Gasteiger partial charge in [-0.3, -0.25) is 4.40 Å². The van der Waals surface area contributed by atoms with Crippen molar-refractivity contribution >= 4 is 22.3 Å². The number of hydrogen-bond acceptors (Lipinski definition) is 3. The third-order valence-corrected chi connectivity index (χ3v) is 3.57. The number of aromatic carboxylic acids is 1. The molecule has 18 heavy (non-hydrogen) atoms. The Morgan fingerprint density at radius 2 is 2.11 bits per heavy atom. The number of rotatable bonds is 2. The van der Waals surface area contributed by atoms with Crippen LogP contribution in [0.4, 0.5) is 13.2 Å². The molecule has 0 amide bonds. The van der Waals surface area contributed by atoms with Crippen molar-refractivity contribution in [3.63, 3.8) is 0 Å². The quantitative estimate of drug-likeness (QED) is 0.918. The number of carboxylic acids is 1. The second-order valence-electron chi connectivity index (χ2n) is 3.69. The highest BCUT2D eigenvalue weighted by Gasteiger charge is 2.41. The van der Waals surface area contributed by atoms with Crippen LogP contribution >= 0.6 is 11.3 Å². The van der Waals surface area contributed by atoms with E-state index in [4.69, 9.17) is 5.11 Å². The predicted octanol–water partition coefficient (Wildman–Crippen LogP) is 2.98. The molecule has 4 nitrogen and oxygen atoms in total. The van der Waals surface area contributed by atoms with Gasteiger partial charge in [-0.15, -0.1) is 11.3 Å². The maximum Gasteiger partial charge on any atom is 0.435 e. The number of thiazole rings is 1. The van der Waals surface area contributed by atoms with Crippen LogP contribution in [0, 0.1) is 6.92 Å². The average Bonchev–Trinajstić information content (AvgIpc) is 2.70. The standard InChI is InChI=1S/C10H9F3N2O2S/c1-3-5-4(2)18-9-14-7(10(11,12)13)6(8(16)17)15(5)9/h3H2,1-2H3,(H,16,17). The monoisotopic (exact) mass is 278 g/mol. The molecule has 0 fully saturated rings. The second-order valence-corrected chi connectivity index (χ2v) is 4.87. The lowest BCUT2D eigenvalue weighted by Crippen LogP contribution is -2.14.